The third-order valence-electron chi connectivity index (χ3n) is 2.12. The summed E-state index contributed by atoms with van der Waals surface area (Å²) in [7, 11) is -0.983. The van der Waals surface area contributed by atoms with Crippen LogP contribution >= 0.6 is 0 Å². The number of benzene rings is 1. The molecule has 0 aliphatic carbocycles. The normalized spacial score (nSPS) is 14.1. The number of carbonyl (C=O) groups excluding carboxylic acids is 1. The Kier molecular flexibility index (Phi) is 4.62. The first kappa shape index (κ1) is 13.6. The van der Waals surface area contributed by atoms with E-state index in [-0.39, 0.29) is 23.2 Å². The number of rotatable bonds is 4. The molecule has 0 saturated heterocycles. The van der Waals surface area contributed by atoms with Crippen molar-refractivity contribution in [2.75, 3.05) is 17.7 Å². The second kappa shape index (κ2) is 5.77. The van der Waals surface area contributed by atoms with E-state index in [0.29, 0.717) is 5.75 Å². The molecule has 1 rings (SSSR count). The number of hydrogen-bond donors (Lipinski definition) is 2. The topological polar surface area (TPSA) is 72.2 Å². The predicted octanol–water partition coefficient (Wildman–Crippen LogP) is 0.905. The van der Waals surface area contributed by atoms with Crippen molar-refractivity contribution in [3.8, 4) is 0 Å². The summed E-state index contributed by atoms with van der Waals surface area (Å²) in [5.74, 6) is -0.505. The zero-order valence-electron chi connectivity index (χ0n) is 9.70. The lowest BCUT2D eigenvalue weighted by Gasteiger charge is -2.13. The molecule has 0 aliphatic rings. The molecule has 2 atom stereocenters. The molecule has 4 nitrogen and oxygen atoms in total. The van der Waals surface area contributed by atoms with E-state index in [0.717, 1.165) is 6.07 Å². The molecular weight excluding hydrogens is 243 g/mol. The summed E-state index contributed by atoms with van der Waals surface area (Å²) < 4.78 is 23.8. The number of hydrogen-bond acceptors (Lipinski definition) is 3. The summed E-state index contributed by atoms with van der Waals surface area (Å²) >= 11 is 0. The number of halogens is 1. The van der Waals surface area contributed by atoms with E-state index in [2.05, 4.69) is 5.32 Å². The minimum Gasteiger partial charge on any atom is -0.398 e. The first-order chi connectivity index (χ1) is 7.90. The number of amides is 1. The molecule has 0 bridgehead atoms. The molecule has 0 heterocycles. The van der Waals surface area contributed by atoms with Gasteiger partial charge in [0.05, 0.1) is 5.56 Å². The van der Waals surface area contributed by atoms with Gasteiger partial charge in [0.15, 0.2) is 0 Å². The summed E-state index contributed by atoms with van der Waals surface area (Å²) in [4.78, 5) is 11.8. The molecule has 0 spiro atoms. The van der Waals surface area contributed by atoms with E-state index < -0.39 is 16.6 Å². The number of nitrogen functional groups attached to an aromatic ring is 1. The fourth-order valence-corrected chi connectivity index (χ4v) is 2.22. The molecule has 0 saturated carbocycles. The van der Waals surface area contributed by atoms with E-state index in [9.17, 15) is 13.4 Å². The molecule has 1 aromatic carbocycles. The van der Waals surface area contributed by atoms with Crippen molar-refractivity contribution in [2.45, 2.75) is 13.0 Å². The summed E-state index contributed by atoms with van der Waals surface area (Å²) in [5, 5.41) is 2.65. The molecule has 0 aliphatic heterocycles. The maximum Gasteiger partial charge on any atom is 0.253 e. The molecule has 6 heteroatoms. The van der Waals surface area contributed by atoms with Gasteiger partial charge >= 0.3 is 0 Å². The zero-order valence-corrected chi connectivity index (χ0v) is 10.5. The van der Waals surface area contributed by atoms with Gasteiger partial charge in [0, 0.05) is 34.5 Å². The van der Waals surface area contributed by atoms with Gasteiger partial charge in [0.25, 0.3) is 5.91 Å². The first-order valence-electron chi connectivity index (χ1n) is 5.06. The Morgan fingerprint density at radius 3 is 2.76 bits per heavy atom. The van der Waals surface area contributed by atoms with Gasteiger partial charge in [-0.2, -0.15) is 0 Å². The van der Waals surface area contributed by atoms with Crippen molar-refractivity contribution in [3.63, 3.8) is 0 Å². The number of nitrogens with one attached hydrogen (secondary N) is 1. The highest BCUT2D eigenvalue weighted by Crippen LogP contribution is 2.13. The van der Waals surface area contributed by atoms with Crippen molar-refractivity contribution in [1.82, 2.24) is 5.32 Å². The fourth-order valence-electron chi connectivity index (χ4n) is 1.44. The van der Waals surface area contributed by atoms with Crippen molar-refractivity contribution in [3.05, 3.63) is 29.6 Å². The molecule has 2 unspecified atom stereocenters. The summed E-state index contributed by atoms with van der Waals surface area (Å²) in [5.41, 5.74) is 5.85. The molecule has 0 radical (unpaired) electrons. The fraction of sp³-hybridized carbons (Fsp3) is 0.364. The third kappa shape index (κ3) is 4.14. The second-order valence-corrected chi connectivity index (χ2v) is 5.33. The van der Waals surface area contributed by atoms with Crippen LogP contribution in [0.3, 0.4) is 0 Å². The number of carbonyl (C=O) groups is 1. The van der Waals surface area contributed by atoms with Crippen LogP contribution in [0.25, 0.3) is 0 Å². The van der Waals surface area contributed by atoms with Gasteiger partial charge in [0.1, 0.15) is 5.82 Å². The Labute approximate surface area is 102 Å². The maximum absolute atomic E-state index is 12.8. The monoisotopic (exact) mass is 258 g/mol. The van der Waals surface area contributed by atoms with Crippen molar-refractivity contribution < 1.29 is 13.4 Å². The molecule has 1 aromatic rings. The second-order valence-electron chi connectivity index (χ2n) is 3.85. The van der Waals surface area contributed by atoms with Crippen LogP contribution in [-0.4, -0.2) is 28.2 Å². The van der Waals surface area contributed by atoms with Crippen LogP contribution in [-0.2, 0) is 10.8 Å². The van der Waals surface area contributed by atoms with E-state index in [1.165, 1.54) is 12.1 Å². The van der Waals surface area contributed by atoms with Gasteiger partial charge in [-0.25, -0.2) is 4.39 Å². The van der Waals surface area contributed by atoms with Crippen LogP contribution in [0.5, 0.6) is 0 Å². The van der Waals surface area contributed by atoms with E-state index in [1.54, 1.807) is 13.2 Å². The minimum atomic E-state index is -0.983. The molecule has 94 valence electrons. The highest BCUT2D eigenvalue weighted by Gasteiger charge is 2.13. The average molecular weight is 258 g/mol. The highest BCUT2D eigenvalue weighted by atomic mass is 32.2. The lowest BCUT2D eigenvalue weighted by molar-refractivity contribution is 0.0944. The smallest absolute Gasteiger partial charge is 0.253 e. The SMILES string of the molecule is CC(CS(C)=O)NC(=O)c1ccc(F)cc1N. The lowest BCUT2D eigenvalue weighted by atomic mass is 10.1. The molecule has 3 N–H and O–H groups in total. The Morgan fingerprint density at radius 1 is 1.59 bits per heavy atom. The summed E-state index contributed by atoms with van der Waals surface area (Å²) in [6, 6.07) is 3.37. The van der Waals surface area contributed by atoms with Crippen LogP contribution in [0, 0.1) is 5.82 Å². The van der Waals surface area contributed by atoms with Crippen LogP contribution in [0.15, 0.2) is 18.2 Å². The van der Waals surface area contributed by atoms with Crippen LogP contribution in [0.4, 0.5) is 10.1 Å². The molecule has 17 heavy (non-hydrogen) atoms. The van der Waals surface area contributed by atoms with Crippen LogP contribution < -0.4 is 11.1 Å². The Morgan fingerprint density at radius 2 is 2.24 bits per heavy atom. The Hall–Kier alpha value is -1.43. The third-order valence-corrected chi connectivity index (χ3v) is 3.09. The van der Waals surface area contributed by atoms with E-state index in [4.69, 9.17) is 5.73 Å². The van der Waals surface area contributed by atoms with Crippen molar-refractivity contribution in [2.24, 2.45) is 0 Å². The van der Waals surface area contributed by atoms with Gasteiger partial charge in [-0.05, 0) is 25.1 Å². The Bertz CT molecular complexity index is 451. The first-order valence-corrected chi connectivity index (χ1v) is 6.78. The molecule has 0 fully saturated rings. The molecular formula is C11H15FN2O2S. The largest absolute Gasteiger partial charge is 0.398 e. The zero-order chi connectivity index (χ0) is 13.0. The Balaban J connectivity index is 2.73. The molecule has 1 amide bonds. The minimum absolute atomic E-state index is 0.0901. The van der Waals surface area contributed by atoms with E-state index in [1.807, 2.05) is 0 Å². The lowest BCUT2D eigenvalue weighted by Crippen LogP contribution is -2.36. The maximum atomic E-state index is 12.8. The van der Waals surface area contributed by atoms with Gasteiger partial charge in [-0.1, -0.05) is 0 Å². The quantitative estimate of drug-likeness (QED) is 0.788. The van der Waals surface area contributed by atoms with Crippen LogP contribution in [0.1, 0.15) is 17.3 Å². The average Bonchev–Trinajstić information content (AvgIpc) is 2.15. The molecule has 0 aromatic heterocycles. The standard InChI is InChI=1S/C11H15FN2O2S/c1-7(6-17(2)16)14-11(15)9-4-3-8(12)5-10(9)13/h3-5,7H,6,13H2,1-2H3,(H,14,15). The van der Waals surface area contributed by atoms with Gasteiger partial charge < -0.3 is 11.1 Å². The van der Waals surface area contributed by atoms with Gasteiger partial charge in [0.2, 0.25) is 0 Å². The van der Waals surface area contributed by atoms with Gasteiger partial charge in [-0.3, -0.25) is 9.00 Å². The summed E-state index contributed by atoms with van der Waals surface area (Å²) in [6.07, 6.45) is 1.56. The number of nitrogens with two attached hydrogens (primary N) is 1. The summed E-state index contributed by atoms with van der Waals surface area (Å²) in [6.45, 7) is 1.75. The van der Waals surface area contributed by atoms with Crippen molar-refractivity contribution in [1.29, 1.82) is 0 Å². The van der Waals surface area contributed by atoms with Crippen LogP contribution in [0.2, 0.25) is 0 Å². The van der Waals surface area contributed by atoms with E-state index >= 15 is 0 Å². The van der Waals surface area contributed by atoms with Crippen molar-refractivity contribution >= 4 is 22.4 Å². The predicted molar refractivity (Wildman–Crippen MR) is 66.7 cm³/mol. The number of anilines is 1. The van der Waals surface area contributed by atoms with Gasteiger partial charge in [-0.15, -0.1) is 0 Å². The highest BCUT2D eigenvalue weighted by molar-refractivity contribution is 7.84.